The van der Waals surface area contributed by atoms with E-state index in [1.54, 1.807) is 48.5 Å². The zero-order valence-electron chi connectivity index (χ0n) is 12.3. The Bertz CT molecular complexity index is 693. The van der Waals surface area contributed by atoms with Gasteiger partial charge in [0.15, 0.2) is 0 Å². The summed E-state index contributed by atoms with van der Waals surface area (Å²) in [6.07, 6.45) is 0. The molecule has 0 aliphatic rings. The number of hydrogen-bond donors (Lipinski definition) is 2. The number of carbonyl (C=O) groups is 2. The van der Waals surface area contributed by atoms with E-state index >= 15 is 0 Å². The van der Waals surface area contributed by atoms with Crippen molar-refractivity contribution in [2.24, 2.45) is 5.73 Å². The van der Waals surface area contributed by atoms with Crippen LogP contribution in [-0.2, 0) is 10.1 Å². The van der Waals surface area contributed by atoms with Crippen molar-refractivity contribution in [2.75, 3.05) is 12.3 Å². The second-order valence-corrected chi connectivity index (χ2v) is 6.04. The van der Waals surface area contributed by atoms with E-state index in [4.69, 9.17) is 10.3 Å². The van der Waals surface area contributed by atoms with Gasteiger partial charge >= 0.3 is 0 Å². The molecule has 6 nitrogen and oxygen atoms in total. The summed E-state index contributed by atoms with van der Waals surface area (Å²) in [5.74, 6) is -1.29. The zero-order chi connectivity index (χ0) is 17.3. The van der Waals surface area contributed by atoms with Gasteiger partial charge < -0.3 is 5.73 Å². The smallest absolute Gasteiger partial charge is 0.266 e. The zero-order valence-corrected chi connectivity index (χ0v) is 13.1. The Labute approximate surface area is 134 Å². The maximum absolute atomic E-state index is 11.8. The fourth-order valence-corrected chi connectivity index (χ4v) is 1.89. The molecule has 2 aromatic rings. The highest BCUT2D eigenvalue weighted by Gasteiger charge is 2.16. The first-order valence-electron chi connectivity index (χ1n) is 6.69. The maximum atomic E-state index is 11.8. The van der Waals surface area contributed by atoms with E-state index in [2.05, 4.69) is 0 Å². The van der Waals surface area contributed by atoms with Gasteiger partial charge in [0, 0.05) is 17.7 Å². The average molecular weight is 335 g/mol. The normalized spacial score (nSPS) is 10.3. The lowest BCUT2D eigenvalue weighted by Crippen LogP contribution is -2.14. The minimum Gasteiger partial charge on any atom is -0.329 e. The first-order valence-corrected chi connectivity index (χ1v) is 8.30. The fraction of sp³-hybridized carbons (Fsp3) is 0.125. The van der Waals surface area contributed by atoms with Crippen molar-refractivity contribution in [1.82, 2.24) is 0 Å². The van der Waals surface area contributed by atoms with Crippen molar-refractivity contribution in [1.29, 1.82) is 0 Å². The third-order valence-electron chi connectivity index (χ3n) is 2.65. The van der Waals surface area contributed by atoms with Crippen molar-refractivity contribution >= 4 is 21.7 Å². The maximum Gasteiger partial charge on any atom is 0.266 e. The van der Waals surface area contributed by atoms with Crippen LogP contribution in [0.5, 0.6) is 0 Å². The number of nitrogens with two attached hydrogens (primary N) is 1. The van der Waals surface area contributed by atoms with Gasteiger partial charge in [0.2, 0.25) is 11.6 Å². The Morgan fingerprint density at radius 2 is 1.17 bits per heavy atom. The molecule has 2 aromatic carbocycles. The van der Waals surface area contributed by atoms with Gasteiger partial charge in [0.05, 0.1) is 5.75 Å². The lowest BCUT2D eigenvalue weighted by Gasteiger charge is -1.99. The van der Waals surface area contributed by atoms with Gasteiger partial charge in [0.25, 0.3) is 10.1 Å². The monoisotopic (exact) mass is 335 g/mol. The molecule has 0 spiro atoms. The Morgan fingerprint density at radius 1 is 0.826 bits per heavy atom. The van der Waals surface area contributed by atoms with Crippen LogP contribution >= 0.6 is 0 Å². The molecule has 0 radical (unpaired) electrons. The van der Waals surface area contributed by atoms with Crippen LogP contribution in [-0.4, -0.2) is 36.8 Å². The molecule has 0 atom stereocenters. The van der Waals surface area contributed by atoms with E-state index in [0.29, 0.717) is 11.1 Å². The van der Waals surface area contributed by atoms with E-state index in [1.165, 1.54) is 0 Å². The van der Waals surface area contributed by atoms with Crippen molar-refractivity contribution in [3.8, 4) is 0 Å². The highest BCUT2D eigenvalue weighted by Crippen LogP contribution is 2.07. The van der Waals surface area contributed by atoms with Crippen LogP contribution < -0.4 is 5.73 Å². The molecular formula is C16H17NO5S. The van der Waals surface area contributed by atoms with Gasteiger partial charge in [-0.15, -0.1) is 0 Å². The van der Waals surface area contributed by atoms with Gasteiger partial charge in [0.1, 0.15) is 0 Å². The Morgan fingerprint density at radius 3 is 1.39 bits per heavy atom. The molecule has 0 aromatic heterocycles. The Hall–Kier alpha value is -2.35. The SMILES string of the molecule is NCCS(=O)(=O)O.O=C(C(=O)c1ccccc1)c1ccccc1. The first kappa shape index (κ1) is 18.7. The Kier molecular flexibility index (Phi) is 7.27. The van der Waals surface area contributed by atoms with Crippen LogP contribution in [0.3, 0.4) is 0 Å². The summed E-state index contributed by atoms with van der Waals surface area (Å²) < 4.78 is 27.3. The number of Topliss-reactive ketones (excluding diaryl/α,β-unsaturated/α-hetero) is 2. The van der Waals surface area contributed by atoms with Gasteiger partial charge in [-0.1, -0.05) is 60.7 Å². The minimum absolute atomic E-state index is 0.0289. The van der Waals surface area contributed by atoms with Crippen molar-refractivity contribution in [2.45, 2.75) is 0 Å². The topological polar surface area (TPSA) is 115 Å². The van der Waals surface area contributed by atoms with Gasteiger partial charge in [-0.3, -0.25) is 14.1 Å². The molecule has 0 amide bonds. The molecular weight excluding hydrogens is 318 g/mol. The molecule has 122 valence electrons. The van der Waals surface area contributed by atoms with Crippen molar-refractivity contribution in [3.63, 3.8) is 0 Å². The molecule has 0 saturated heterocycles. The highest BCUT2D eigenvalue weighted by atomic mass is 32.2. The molecule has 0 aliphatic heterocycles. The summed E-state index contributed by atoms with van der Waals surface area (Å²) in [6, 6.07) is 17.2. The van der Waals surface area contributed by atoms with Crippen LogP contribution in [0.2, 0.25) is 0 Å². The standard InChI is InChI=1S/C14H10O2.C2H7NO3S/c15-13(11-7-3-1-4-8-11)14(16)12-9-5-2-6-10-12;3-1-2-7(4,5)6/h1-10H;1-3H2,(H,4,5,6). The van der Waals surface area contributed by atoms with Gasteiger partial charge in [-0.25, -0.2) is 0 Å². The second-order valence-electron chi connectivity index (χ2n) is 4.47. The summed E-state index contributed by atoms with van der Waals surface area (Å²) in [5.41, 5.74) is 5.63. The molecule has 0 saturated carbocycles. The number of rotatable bonds is 5. The predicted molar refractivity (Wildman–Crippen MR) is 87.0 cm³/mol. The number of benzene rings is 2. The minimum atomic E-state index is -3.80. The highest BCUT2D eigenvalue weighted by molar-refractivity contribution is 7.85. The van der Waals surface area contributed by atoms with E-state index in [-0.39, 0.29) is 12.3 Å². The molecule has 0 unspecified atom stereocenters. The summed E-state index contributed by atoms with van der Waals surface area (Å²) >= 11 is 0. The van der Waals surface area contributed by atoms with Crippen molar-refractivity contribution in [3.05, 3.63) is 71.8 Å². The van der Waals surface area contributed by atoms with E-state index < -0.39 is 21.7 Å². The van der Waals surface area contributed by atoms with E-state index in [1.807, 2.05) is 12.1 Å². The van der Waals surface area contributed by atoms with E-state index in [0.717, 1.165) is 0 Å². The van der Waals surface area contributed by atoms with Crippen molar-refractivity contribution < 1.29 is 22.6 Å². The molecule has 0 heterocycles. The molecule has 0 bridgehead atoms. The van der Waals surface area contributed by atoms with Gasteiger partial charge in [-0.05, 0) is 0 Å². The number of ketones is 2. The third kappa shape index (κ3) is 6.96. The molecule has 0 fully saturated rings. The molecule has 23 heavy (non-hydrogen) atoms. The summed E-state index contributed by atoms with van der Waals surface area (Å²) in [5, 5.41) is 0. The lowest BCUT2D eigenvalue weighted by atomic mass is 10.0. The second kappa shape index (κ2) is 8.94. The fourth-order valence-electron chi connectivity index (χ4n) is 1.59. The van der Waals surface area contributed by atoms with Crippen LogP contribution in [0.25, 0.3) is 0 Å². The number of carbonyl (C=O) groups excluding carboxylic acids is 2. The predicted octanol–water partition coefficient (Wildman–Crippen LogP) is 1.59. The molecule has 3 N–H and O–H groups in total. The van der Waals surface area contributed by atoms with Crippen LogP contribution in [0.1, 0.15) is 20.7 Å². The van der Waals surface area contributed by atoms with Crippen LogP contribution in [0.15, 0.2) is 60.7 Å². The van der Waals surface area contributed by atoms with Crippen LogP contribution in [0, 0.1) is 0 Å². The first-order chi connectivity index (χ1) is 10.8. The quantitative estimate of drug-likeness (QED) is 0.487. The molecule has 0 aliphatic carbocycles. The molecule has 7 heteroatoms. The molecule has 2 rings (SSSR count). The third-order valence-corrected chi connectivity index (χ3v) is 3.41. The summed E-state index contributed by atoms with van der Waals surface area (Å²) in [7, 11) is -3.80. The van der Waals surface area contributed by atoms with Crippen LogP contribution in [0.4, 0.5) is 0 Å². The largest absolute Gasteiger partial charge is 0.329 e. The Balaban J connectivity index is 0.000000322. The summed E-state index contributed by atoms with van der Waals surface area (Å²) in [6.45, 7) is -0.0289. The van der Waals surface area contributed by atoms with Gasteiger partial charge in [-0.2, -0.15) is 8.42 Å². The average Bonchev–Trinajstić information content (AvgIpc) is 2.54. The lowest BCUT2D eigenvalue weighted by molar-refractivity contribution is 0.0817. The van der Waals surface area contributed by atoms with E-state index in [9.17, 15) is 18.0 Å². The number of hydrogen-bond acceptors (Lipinski definition) is 5. The summed E-state index contributed by atoms with van der Waals surface area (Å²) in [4.78, 5) is 23.6.